The maximum atomic E-state index is 5.77. The van der Waals surface area contributed by atoms with Gasteiger partial charge in [0, 0.05) is 12.1 Å². The molecule has 0 aliphatic carbocycles. The van der Waals surface area contributed by atoms with Crippen molar-refractivity contribution in [2.75, 3.05) is 7.11 Å². The number of rotatable bonds is 3. The molecular weight excluding hydrogens is 154 g/mol. The molecule has 1 aromatic heterocycles. The van der Waals surface area contributed by atoms with Crippen LogP contribution in [-0.4, -0.2) is 17.1 Å². The number of methoxy groups -OCH3 is 1. The molecule has 4 heteroatoms. The Morgan fingerprint density at radius 1 is 1.58 bits per heavy atom. The molecule has 0 saturated carbocycles. The molecule has 1 rings (SSSR count). The number of nitrogens with two attached hydrogens (primary N) is 1. The molecule has 0 aliphatic heterocycles. The summed E-state index contributed by atoms with van der Waals surface area (Å²) in [6.45, 7) is 2.01. The van der Waals surface area contributed by atoms with Crippen molar-refractivity contribution in [3.63, 3.8) is 0 Å². The highest BCUT2D eigenvalue weighted by molar-refractivity contribution is 5.15. The van der Waals surface area contributed by atoms with Crippen LogP contribution in [0, 0.1) is 0 Å². The van der Waals surface area contributed by atoms with Crippen LogP contribution >= 0.6 is 0 Å². The van der Waals surface area contributed by atoms with Gasteiger partial charge < -0.3 is 10.5 Å². The van der Waals surface area contributed by atoms with Crippen LogP contribution in [0.3, 0.4) is 0 Å². The Balaban J connectivity index is 2.86. The lowest BCUT2D eigenvalue weighted by molar-refractivity contribution is 0.395. The molecule has 0 aliphatic rings. The molecule has 0 radical (unpaired) electrons. The van der Waals surface area contributed by atoms with Crippen molar-refractivity contribution in [2.24, 2.45) is 5.73 Å². The molecule has 0 amide bonds. The molecular formula is C8H13N3O. The Hall–Kier alpha value is -1.16. The normalized spacial score (nSPS) is 12.6. The van der Waals surface area contributed by atoms with Crippen molar-refractivity contribution in [1.29, 1.82) is 0 Å². The number of aromatic nitrogens is 2. The molecule has 66 valence electrons. The summed E-state index contributed by atoms with van der Waals surface area (Å²) in [5.41, 5.74) is 6.60. The van der Waals surface area contributed by atoms with E-state index >= 15 is 0 Å². The van der Waals surface area contributed by atoms with Gasteiger partial charge in [0.15, 0.2) is 0 Å². The highest BCUT2D eigenvalue weighted by Crippen LogP contribution is 2.13. The van der Waals surface area contributed by atoms with Gasteiger partial charge in [0.05, 0.1) is 12.8 Å². The van der Waals surface area contributed by atoms with E-state index in [0.717, 1.165) is 12.1 Å². The van der Waals surface area contributed by atoms with Gasteiger partial charge in [-0.2, -0.15) is 0 Å². The summed E-state index contributed by atoms with van der Waals surface area (Å²) in [5.74, 6) is 0.559. The second-order valence-corrected chi connectivity index (χ2v) is 2.50. The molecule has 1 heterocycles. The lowest BCUT2D eigenvalue weighted by Crippen LogP contribution is -2.10. The number of nitrogens with zero attached hydrogens (tertiary/aromatic N) is 2. The van der Waals surface area contributed by atoms with Crippen molar-refractivity contribution >= 4 is 0 Å². The van der Waals surface area contributed by atoms with Crippen molar-refractivity contribution in [1.82, 2.24) is 9.97 Å². The molecule has 1 atom stereocenters. The van der Waals surface area contributed by atoms with E-state index in [1.54, 1.807) is 13.2 Å². The zero-order chi connectivity index (χ0) is 8.97. The van der Waals surface area contributed by atoms with E-state index in [4.69, 9.17) is 10.5 Å². The zero-order valence-electron chi connectivity index (χ0n) is 7.32. The fourth-order valence-corrected chi connectivity index (χ4v) is 0.877. The lowest BCUT2D eigenvalue weighted by Gasteiger charge is -2.07. The van der Waals surface area contributed by atoms with Crippen LogP contribution in [0.15, 0.2) is 12.4 Å². The summed E-state index contributed by atoms with van der Waals surface area (Å²) >= 11 is 0. The van der Waals surface area contributed by atoms with E-state index in [2.05, 4.69) is 9.97 Å². The van der Waals surface area contributed by atoms with E-state index in [0.29, 0.717) is 5.88 Å². The van der Waals surface area contributed by atoms with E-state index < -0.39 is 0 Å². The Morgan fingerprint density at radius 3 is 2.92 bits per heavy atom. The average molecular weight is 167 g/mol. The highest BCUT2D eigenvalue weighted by atomic mass is 16.5. The zero-order valence-corrected chi connectivity index (χ0v) is 7.32. The first-order chi connectivity index (χ1) is 5.77. The molecule has 0 spiro atoms. The average Bonchev–Trinajstić information content (AvgIpc) is 2.17. The van der Waals surface area contributed by atoms with E-state index in [1.165, 1.54) is 6.33 Å². The van der Waals surface area contributed by atoms with E-state index in [1.807, 2.05) is 6.92 Å². The van der Waals surface area contributed by atoms with Crippen LogP contribution < -0.4 is 10.5 Å². The first kappa shape index (κ1) is 8.93. The highest BCUT2D eigenvalue weighted by Gasteiger charge is 2.05. The molecule has 0 fully saturated rings. The number of ether oxygens (including phenoxy) is 1. The largest absolute Gasteiger partial charge is 0.481 e. The quantitative estimate of drug-likeness (QED) is 0.726. The summed E-state index contributed by atoms with van der Waals surface area (Å²) in [7, 11) is 1.57. The summed E-state index contributed by atoms with van der Waals surface area (Å²) in [6.07, 6.45) is 2.32. The van der Waals surface area contributed by atoms with Gasteiger partial charge in [0.2, 0.25) is 5.88 Å². The van der Waals surface area contributed by atoms with Crippen LogP contribution in [0.1, 0.15) is 25.1 Å². The fraction of sp³-hybridized carbons (Fsp3) is 0.500. The standard InChI is InChI=1S/C8H13N3O/c1-3-6(9)7-4-8(12-2)11-5-10-7/h4-6H,3,9H2,1-2H3/t6-/m1/s1. The monoisotopic (exact) mass is 167 g/mol. The molecule has 4 nitrogen and oxygen atoms in total. The predicted molar refractivity (Wildman–Crippen MR) is 45.8 cm³/mol. The third-order valence-corrected chi connectivity index (χ3v) is 1.69. The van der Waals surface area contributed by atoms with Gasteiger partial charge in [0.25, 0.3) is 0 Å². The molecule has 0 unspecified atom stereocenters. The van der Waals surface area contributed by atoms with Gasteiger partial charge >= 0.3 is 0 Å². The lowest BCUT2D eigenvalue weighted by atomic mass is 10.2. The van der Waals surface area contributed by atoms with Crippen molar-refractivity contribution in [3.05, 3.63) is 18.1 Å². The van der Waals surface area contributed by atoms with Gasteiger partial charge in [-0.25, -0.2) is 9.97 Å². The SMILES string of the molecule is CC[C@@H](N)c1cc(OC)ncn1. The summed E-state index contributed by atoms with van der Waals surface area (Å²) in [6, 6.07) is 1.73. The Morgan fingerprint density at radius 2 is 2.33 bits per heavy atom. The minimum absolute atomic E-state index is 0.0260. The number of hydrogen-bond donors (Lipinski definition) is 1. The molecule has 12 heavy (non-hydrogen) atoms. The molecule has 2 N–H and O–H groups in total. The Kier molecular flexibility index (Phi) is 2.99. The second-order valence-electron chi connectivity index (χ2n) is 2.50. The summed E-state index contributed by atoms with van der Waals surface area (Å²) < 4.78 is 4.94. The Labute approximate surface area is 71.8 Å². The maximum Gasteiger partial charge on any atom is 0.216 e. The van der Waals surface area contributed by atoms with Gasteiger partial charge in [-0.05, 0) is 6.42 Å². The molecule has 0 saturated heterocycles. The van der Waals surface area contributed by atoms with Crippen molar-refractivity contribution in [3.8, 4) is 5.88 Å². The van der Waals surface area contributed by atoms with E-state index in [9.17, 15) is 0 Å². The van der Waals surface area contributed by atoms with E-state index in [-0.39, 0.29) is 6.04 Å². The summed E-state index contributed by atoms with van der Waals surface area (Å²) in [5, 5.41) is 0. The number of hydrogen-bond acceptors (Lipinski definition) is 4. The topological polar surface area (TPSA) is 61.0 Å². The second kappa shape index (κ2) is 4.01. The third kappa shape index (κ3) is 1.92. The van der Waals surface area contributed by atoms with Crippen LogP contribution in [-0.2, 0) is 0 Å². The Bertz CT molecular complexity index is 252. The molecule has 0 bridgehead atoms. The van der Waals surface area contributed by atoms with Gasteiger partial charge in [-0.3, -0.25) is 0 Å². The van der Waals surface area contributed by atoms with Gasteiger partial charge in [-0.1, -0.05) is 6.92 Å². The van der Waals surface area contributed by atoms with Gasteiger partial charge in [0.1, 0.15) is 6.33 Å². The smallest absolute Gasteiger partial charge is 0.216 e. The van der Waals surface area contributed by atoms with Crippen molar-refractivity contribution < 1.29 is 4.74 Å². The minimum Gasteiger partial charge on any atom is -0.481 e. The third-order valence-electron chi connectivity index (χ3n) is 1.69. The summed E-state index contributed by atoms with van der Waals surface area (Å²) in [4.78, 5) is 7.93. The van der Waals surface area contributed by atoms with Crippen LogP contribution in [0.2, 0.25) is 0 Å². The first-order valence-electron chi connectivity index (χ1n) is 3.89. The van der Waals surface area contributed by atoms with Crippen molar-refractivity contribution in [2.45, 2.75) is 19.4 Å². The predicted octanol–water partition coefficient (Wildman–Crippen LogP) is 0.895. The van der Waals surface area contributed by atoms with Gasteiger partial charge in [-0.15, -0.1) is 0 Å². The van der Waals surface area contributed by atoms with Crippen LogP contribution in [0.5, 0.6) is 5.88 Å². The first-order valence-corrected chi connectivity index (χ1v) is 3.89. The molecule has 1 aromatic rings. The van der Waals surface area contributed by atoms with Crippen LogP contribution in [0.4, 0.5) is 0 Å². The fourth-order valence-electron chi connectivity index (χ4n) is 0.877. The van der Waals surface area contributed by atoms with Crippen LogP contribution in [0.25, 0.3) is 0 Å². The maximum absolute atomic E-state index is 5.77. The minimum atomic E-state index is -0.0260. The molecule has 0 aromatic carbocycles.